The van der Waals surface area contributed by atoms with Crippen LogP contribution in [0.4, 0.5) is 4.79 Å². The Morgan fingerprint density at radius 1 is 1.40 bits per heavy atom. The summed E-state index contributed by atoms with van der Waals surface area (Å²) in [4.78, 5) is 17.8. The van der Waals surface area contributed by atoms with E-state index in [-0.39, 0.29) is 17.5 Å². The van der Waals surface area contributed by atoms with E-state index in [1.54, 1.807) is 11.3 Å². The first-order valence-corrected chi connectivity index (χ1v) is 9.46. The number of hydrogen-bond donors (Lipinski definition) is 2. The number of carbonyl (C=O) groups is 1. The van der Waals surface area contributed by atoms with Gasteiger partial charge in [-0.05, 0) is 29.4 Å². The van der Waals surface area contributed by atoms with Gasteiger partial charge in [-0.15, -0.1) is 11.3 Å². The van der Waals surface area contributed by atoms with Crippen LogP contribution in [-0.4, -0.2) is 15.4 Å². The molecular weight excluding hydrogens is 332 g/mol. The number of carbonyl (C=O) groups excluding carboxylic acids is 1. The van der Waals surface area contributed by atoms with Gasteiger partial charge in [0.25, 0.3) is 0 Å². The molecule has 1 aliphatic rings. The molecule has 0 fully saturated rings. The number of benzene rings is 1. The summed E-state index contributed by atoms with van der Waals surface area (Å²) in [6.07, 6.45) is 5.94. The Kier molecular flexibility index (Phi) is 4.00. The maximum atomic E-state index is 12.4. The number of urea groups is 1. The van der Waals surface area contributed by atoms with Crippen LogP contribution in [0.2, 0.25) is 0 Å². The average Bonchev–Trinajstić information content (AvgIpc) is 3.17. The van der Waals surface area contributed by atoms with E-state index in [2.05, 4.69) is 47.7 Å². The van der Waals surface area contributed by atoms with Crippen molar-refractivity contribution < 1.29 is 4.79 Å². The van der Waals surface area contributed by atoms with Crippen molar-refractivity contribution in [3.05, 3.63) is 58.9 Å². The topological polar surface area (TPSA) is 58.4 Å². The molecule has 25 heavy (non-hydrogen) atoms. The Morgan fingerprint density at radius 3 is 3.08 bits per heavy atom. The number of aromatic nitrogens is 2. The SMILES string of the molecule is CC1(C)CC[C@@H](NC(=O)NCc2cn3ccsc3n2)c2ccccc21. The molecule has 1 aromatic carbocycles. The summed E-state index contributed by atoms with van der Waals surface area (Å²) < 4.78 is 1.97. The second-order valence-corrected chi connectivity index (χ2v) is 8.09. The highest BCUT2D eigenvalue weighted by Gasteiger charge is 2.32. The monoisotopic (exact) mass is 354 g/mol. The van der Waals surface area contributed by atoms with Gasteiger partial charge >= 0.3 is 6.03 Å². The third kappa shape index (κ3) is 3.14. The molecule has 0 aliphatic heterocycles. The summed E-state index contributed by atoms with van der Waals surface area (Å²) in [5.41, 5.74) is 3.59. The number of hydrogen-bond acceptors (Lipinski definition) is 3. The van der Waals surface area contributed by atoms with Gasteiger partial charge in [-0.3, -0.25) is 4.40 Å². The smallest absolute Gasteiger partial charge is 0.315 e. The molecule has 6 heteroatoms. The Bertz CT molecular complexity index is 882. The normalized spacial score (nSPS) is 18.7. The van der Waals surface area contributed by atoms with E-state index in [0.29, 0.717) is 6.54 Å². The van der Waals surface area contributed by atoms with E-state index in [1.165, 1.54) is 11.1 Å². The van der Waals surface area contributed by atoms with Crippen LogP contribution < -0.4 is 10.6 Å². The summed E-state index contributed by atoms with van der Waals surface area (Å²) >= 11 is 1.59. The molecule has 0 saturated heterocycles. The number of thiazole rings is 1. The van der Waals surface area contributed by atoms with Crippen LogP contribution in [0, 0.1) is 0 Å². The molecule has 2 amide bonds. The van der Waals surface area contributed by atoms with E-state index in [0.717, 1.165) is 23.5 Å². The highest BCUT2D eigenvalue weighted by molar-refractivity contribution is 7.15. The van der Waals surface area contributed by atoms with Crippen molar-refractivity contribution in [3.8, 4) is 0 Å². The molecule has 0 radical (unpaired) electrons. The molecule has 5 nitrogen and oxygen atoms in total. The van der Waals surface area contributed by atoms with Gasteiger partial charge in [0.2, 0.25) is 0 Å². The van der Waals surface area contributed by atoms with Gasteiger partial charge < -0.3 is 10.6 Å². The quantitative estimate of drug-likeness (QED) is 0.747. The number of amides is 2. The Balaban J connectivity index is 1.41. The third-order valence-corrected chi connectivity index (χ3v) is 5.77. The van der Waals surface area contributed by atoms with Gasteiger partial charge in [0, 0.05) is 17.8 Å². The van der Waals surface area contributed by atoms with Crippen LogP contribution in [0.1, 0.15) is 49.6 Å². The lowest BCUT2D eigenvalue weighted by atomic mass is 9.71. The second kappa shape index (κ2) is 6.19. The summed E-state index contributed by atoms with van der Waals surface area (Å²) in [7, 11) is 0. The first-order chi connectivity index (χ1) is 12.0. The second-order valence-electron chi connectivity index (χ2n) is 7.21. The van der Waals surface area contributed by atoms with E-state index in [1.807, 2.05) is 28.2 Å². The van der Waals surface area contributed by atoms with Crippen molar-refractivity contribution in [3.63, 3.8) is 0 Å². The molecule has 0 spiro atoms. The molecular formula is C19H22N4OS. The Hall–Kier alpha value is -2.34. The van der Waals surface area contributed by atoms with Crippen molar-refractivity contribution >= 4 is 22.3 Å². The predicted molar refractivity (Wildman–Crippen MR) is 99.9 cm³/mol. The molecule has 130 valence electrons. The molecule has 3 aromatic rings. The van der Waals surface area contributed by atoms with E-state index < -0.39 is 0 Å². The maximum Gasteiger partial charge on any atom is 0.315 e. The van der Waals surface area contributed by atoms with Gasteiger partial charge in [0.15, 0.2) is 4.96 Å². The molecule has 1 atom stereocenters. The molecule has 2 heterocycles. The van der Waals surface area contributed by atoms with Crippen molar-refractivity contribution in [1.29, 1.82) is 0 Å². The number of nitrogens with one attached hydrogen (secondary N) is 2. The average molecular weight is 354 g/mol. The Morgan fingerprint density at radius 2 is 2.24 bits per heavy atom. The number of nitrogens with zero attached hydrogens (tertiary/aromatic N) is 2. The van der Waals surface area contributed by atoms with Crippen LogP contribution in [0.25, 0.3) is 4.96 Å². The first-order valence-electron chi connectivity index (χ1n) is 8.58. The number of fused-ring (bicyclic) bond motifs is 2. The first kappa shape index (κ1) is 16.1. The van der Waals surface area contributed by atoms with E-state index >= 15 is 0 Å². The molecule has 0 saturated carbocycles. The van der Waals surface area contributed by atoms with Gasteiger partial charge in [0.05, 0.1) is 18.3 Å². The lowest BCUT2D eigenvalue weighted by molar-refractivity contribution is 0.233. The van der Waals surface area contributed by atoms with Gasteiger partial charge in [-0.25, -0.2) is 9.78 Å². The zero-order valence-electron chi connectivity index (χ0n) is 14.5. The van der Waals surface area contributed by atoms with Crippen LogP contribution in [0.5, 0.6) is 0 Å². The number of rotatable bonds is 3. The number of imidazole rings is 1. The van der Waals surface area contributed by atoms with Crippen LogP contribution in [-0.2, 0) is 12.0 Å². The molecule has 4 rings (SSSR count). The van der Waals surface area contributed by atoms with Crippen molar-refractivity contribution in [2.45, 2.75) is 44.7 Å². The summed E-state index contributed by atoms with van der Waals surface area (Å²) in [6.45, 7) is 4.97. The third-order valence-electron chi connectivity index (χ3n) is 5.00. The predicted octanol–water partition coefficient (Wildman–Crippen LogP) is 4.01. The molecule has 0 unspecified atom stereocenters. The highest BCUT2D eigenvalue weighted by Crippen LogP contribution is 2.41. The lowest BCUT2D eigenvalue weighted by Gasteiger charge is -2.37. The lowest BCUT2D eigenvalue weighted by Crippen LogP contribution is -2.40. The molecule has 0 bridgehead atoms. The largest absolute Gasteiger partial charge is 0.332 e. The minimum Gasteiger partial charge on any atom is -0.332 e. The van der Waals surface area contributed by atoms with Crippen LogP contribution >= 0.6 is 11.3 Å². The van der Waals surface area contributed by atoms with Crippen LogP contribution in [0.15, 0.2) is 42.0 Å². The van der Waals surface area contributed by atoms with Crippen molar-refractivity contribution in [2.24, 2.45) is 0 Å². The molecule has 2 N–H and O–H groups in total. The summed E-state index contributed by atoms with van der Waals surface area (Å²) in [6, 6.07) is 8.35. The molecule has 2 aromatic heterocycles. The van der Waals surface area contributed by atoms with Gasteiger partial charge in [-0.1, -0.05) is 38.1 Å². The van der Waals surface area contributed by atoms with Crippen molar-refractivity contribution in [2.75, 3.05) is 0 Å². The minimum absolute atomic E-state index is 0.0646. The minimum atomic E-state index is -0.143. The van der Waals surface area contributed by atoms with Gasteiger partial charge in [0.1, 0.15) is 0 Å². The fourth-order valence-corrected chi connectivity index (χ4v) is 4.32. The highest BCUT2D eigenvalue weighted by atomic mass is 32.1. The zero-order chi connectivity index (χ0) is 17.4. The fraction of sp³-hybridized carbons (Fsp3) is 0.368. The van der Waals surface area contributed by atoms with E-state index in [4.69, 9.17) is 0 Å². The van der Waals surface area contributed by atoms with Crippen LogP contribution in [0.3, 0.4) is 0 Å². The van der Waals surface area contributed by atoms with Crippen molar-refractivity contribution in [1.82, 2.24) is 20.0 Å². The summed E-state index contributed by atoms with van der Waals surface area (Å²) in [5, 5.41) is 8.05. The maximum absolute atomic E-state index is 12.4. The zero-order valence-corrected chi connectivity index (χ0v) is 15.3. The van der Waals surface area contributed by atoms with E-state index in [9.17, 15) is 4.79 Å². The Labute approximate surface area is 151 Å². The standard InChI is InChI=1S/C19H22N4OS/c1-19(2)8-7-16(14-5-3-4-6-15(14)19)22-17(24)20-11-13-12-23-9-10-25-18(23)21-13/h3-6,9-10,12,16H,7-8,11H2,1-2H3,(H2,20,22,24)/t16-/m1/s1. The molecule has 1 aliphatic carbocycles. The summed E-state index contributed by atoms with van der Waals surface area (Å²) in [5.74, 6) is 0. The van der Waals surface area contributed by atoms with Gasteiger partial charge in [-0.2, -0.15) is 0 Å². The fourth-order valence-electron chi connectivity index (χ4n) is 3.60.